The SMILES string of the molecule is Cc1occc1C(=O)NCC(=O)N(C)C1CCCCC1. The van der Waals surface area contributed by atoms with Gasteiger partial charge in [-0.1, -0.05) is 19.3 Å². The fourth-order valence-electron chi connectivity index (χ4n) is 2.67. The Kier molecular flexibility index (Phi) is 4.82. The molecule has 1 aromatic heterocycles. The lowest BCUT2D eigenvalue weighted by Crippen LogP contribution is -2.44. The van der Waals surface area contributed by atoms with Crippen LogP contribution in [-0.2, 0) is 4.79 Å². The van der Waals surface area contributed by atoms with Gasteiger partial charge in [0.2, 0.25) is 5.91 Å². The maximum Gasteiger partial charge on any atom is 0.255 e. The molecule has 0 aliphatic heterocycles. The topological polar surface area (TPSA) is 62.6 Å². The van der Waals surface area contributed by atoms with Crippen LogP contribution >= 0.6 is 0 Å². The van der Waals surface area contributed by atoms with Crippen LogP contribution in [-0.4, -0.2) is 36.3 Å². The summed E-state index contributed by atoms with van der Waals surface area (Å²) < 4.78 is 5.08. The zero-order valence-corrected chi connectivity index (χ0v) is 12.1. The van der Waals surface area contributed by atoms with E-state index in [0.29, 0.717) is 17.4 Å². The lowest BCUT2D eigenvalue weighted by Gasteiger charge is -2.31. The number of furan rings is 1. The number of carbonyl (C=O) groups is 2. The van der Waals surface area contributed by atoms with E-state index >= 15 is 0 Å². The van der Waals surface area contributed by atoms with E-state index in [1.165, 1.54) is 25.5 Å². The van der Waals surface area contributed by atoms with Crippen molar-refractivity contribution in [3.8, 4) is 0 Å². The minimum absolute atomic E-state index is 0.0357. The van der Waals surface area contributed by atoms with E-state index in [9.17, 15) is 9.59 Å². The van der Waals surface area contributed by atoms with Crippen molar-refractivity contribution in [1.82, 2.24) is 10.2 Å². The normalized spacial score (nSPS) is 15.9. The van der Waals surface area contributed by atoms with E-state index in [2.05, 4.69) is 5.32 Å². The van der Waals surface area contributed by atoms with Crippen molar-refractivity contribution < 1.29 is 14.0 Å². The fraction of sp³-hybridized carbons (Fsp3) is 0.600. The van der Waals surface area contributed by atoms with Gasteiger partial charge < -0.3 is 14.6 Å². The number of nitrogens with zero attached hydrogens (tertiary/aromatic N) is 1. The number of carbonyl (C=O) groups excluding carboxylic acids is 2. The van der Waals surface area contributed by atoms with Gasteiger partial charge in [-0.15, -0.1) is 0 Å². The van der Waals surface area contributed by atoms with E-state index in [0.717, 1.165) is 12.8 Å². The molecule has 0 radical (unpaired) electrons. The summed E-state index contributed by atoms with van der Waals surface area (Å²) in [4.78, 5) is 25.8. The molecular formula is C15H22N2O3. The number of aryl methyl sites for hydroxylation is 1. The highest BCUT2D eigenvalue weighted by Crippen LogP contribution is 2.21. The molecule has 1 heterocycles. The second kappa shape index (κ2) is 6.59. The van der Waals surface area contributed by atoms with Gasteiger partial charge in [0.25, 0.3) is 5.91 Å². The fourth-order valence-corrected chi connectivity index (χ4v) is 2.67. The molecule has 1 fully saturated rings. The van der Waals surface area contributed by atoms with Crippen LogP contribution in [0, 0.1) is 6.92 Å². The number of likely N-dealkylation sites (N-methyl/N-ethyl adjacent to an activating group) is 1. The predicted molar refractivity (Wildman–Crippen MR) is 75.4 cm³/mol. The Morgan fingerprint density at radius 1 is 1.35 bits per heavy atom. The van der Waals surface area contributed by atoms with Crippen LogP contribution < -0.4 is 5.32 Å². The van der Waals surface area contributed by atoms with E-state index in [1.54, 1.807) is 17.9 Å². The Bertz CT molecular complexity index is 475. The third kappa shape index (κ3) is 3.40. The van der Waals surface area contributed by atoms with Crippen molar-refractivity contribution in [2.75, 3.05) is 13.6 Å². The highest BCUT2D eigenvalue weighted by molar-refractivity contribution is 5.97. The minimum atomic E-state index is -0.262. The average molecular weight is 278 g/mol. The van der Waals surface area contributed by atoms with Crippen molar-refractivity contribution in [2.45, 2.75) is 45.1 Å². The second-order valence-corrected chi connectivity index (χ2v) is 5.37. The molecule has 1 aliphatic carbocycles. The Balaban J connectivity index is 1.82. The molecule has 0 bridgehead atoms. The highest BCUT2D eigenvalue weighted by atomic mass is 16.3. The lowest BCUT2D eigenvalue weighted by molar-refractivity contribution is -0.131. The molecule has 20 heavy (non-hydrogen) atoms. The minimum Gasteiger partial charge on any atom is -0.469 e. The quantitative estimate of drug-likeness (QED) is 0.917. The molecule has 110 valence electrons. The van der Waals surface area contributed by atoms with E-state index in [1.807, 2.05) is 7.05 Å². The van der Waals surface area contributed by atoms with Gasteiger partial charge in [0.15, 0.2) is 0 Å². The first kappa shape index (κ1) is 14.6. The molecule has 5 nitrogen and oxygen atoms in total. The van der Waals surface area contributed by atoms with Gasteiger partial charge in [-0.25, -0.2) is 0 Å². The first-order valence-corrected chi connectivity index (χ1v) is 7.17. The Labute approximate surface area is 119 Å². The van der Waals surface area contributed by atoms with Crippen LogP contribution in [0.2, 0.25) is 0 Å². The van der Waals surface area contributed by atoms with Gasteiger partial charge >= 0.3 is 0 Å². The number of rotatable bonds is 4. The van der Waals surface area contributed by atoms with Gasteiger partial charge in [0.1, 0.15) is 5.76 Å². The average Bonchev–Trinajstić information content (AvgIpc) is 2.90. The first-order valence-electron chi connectivity index (χ1n) is 7.17. The molecule has 2 rings (SSSR count). The van der Waals surface area contributed by atoms with Gasteiger partial charge in [-0.2, -0.15) is 0 Å². The summed E-state index contributed by atoms with van der Waals surface area (Å²) >= 11 is 0. The van der Waals surface area contributed by atoms with Crippen LogP contribution in [0.3, 0.4) is 0 Å². The summed E-state index contributed by atoms with van der Waals surface area (Å²) in [5, 5.41) is 2.66. The number of nitrogens with one attached hydrogen (secondary N) is 1. The molecule has 0 saturated heterocycles. The predicted octanol–water partition coefficient (Wildman–Crippen LogP) is 2.11. The zero-order valence-electron chi connectivity index (χ0n) is 12.1. The molecule has 2 amide bonds. The second-order valence-electron chi connectivity index (χ2n) is 5.37. The van der Waals surface area contributed by atoms with Crippen LogP contribution in [0.1, 0.15) is 48.2 Å². The van der Waals surface area contributed by atoms with Gasteiger partial charge in [0, 0.05) is 13.1 Å². The molecule has 5 heteroatoms. The van der Waals surface area contributed by atoms with E-state index in [4.69, 9.17) is 4.42 Å². The third-order valence-corrected chi connectivity index (χ3v) is 4.02. The highest BCUT2D eigenvalue weighted by Gasteiger charge is 2.22. The molecule has 0 unspecified atom stereocenters. The zero-order chi connectivity index (χ0) is 14.5. The smallest absolute Gasteiger partial charge is 0.255 e. The number of amides is 2. The van der Waals surface area contributed by atoms with Gasteiger partial charge in [-0.3, -0.25) is 9.59 Å². The third-order valence-electron chi connectivity index (χ3n) is 4.02. The summed E-state index contributed by atoms with van der Waals surface area (Å²) in [6.45, 7) is 1.77. The summed E-state index contributed by atoms with van der Waals surface area (Å²) in [7, 11) is 1.83. The standard InChI is InChI=1S/C15H22N2O3/c1-11-13(8-9-20-11)15(19)16-10-14(18)17(2)12-6-4-3-5-7-12/h8-9,12H,3-7,10H2,1-2H3,(H,16,19). The van der Waals surface area contributed by atoms with Crippen molar-refractivity contribution in [1.29, 1.82) is 0 Å². The van der Waals surface area contributed by atoms with Crippen molar-refractivity contribution in [3.63, 3.8) is 0 Å². The Morgan fingerprint density at radius 2 is 2.05 bits per heavy atom. The Hall–Kier alpha value is -1.78. The molecule has 1 saturated carbocycles. The molecule has 0 spiro atoms. The number of hydrogen-bond donors (Lipinski definition) is 1. The molecule has 1 N–H and O–H groups in total. The van der Waals surface area contributed by atoms with Crippen LogP contribution in [0.25, 0.3) is 0 Å². The monoisotopic (exact) mass is 278 g/mol. The summed E-state index contributed by atoms with van der Waals surface area (Å²) in [5.41, 5.74) is 0.484. The van der Waals surface area contributed by atoms with Crippen molar-refractivity contribution in [3.05, 3.63) is 23.7 Å². The maximum absolute atomic E-state index is 12.1. The van der Waals surface area contributed by atoms with E-state index < -0.39 is 0 Å². The number of hydrogen-bond acceptors (Lipinski definition) is 3. The van der Waals surface area contributed by atoms with Gasteiger partial charge in [0.05, 0.1) is 18.4 Å². The van der Waals surface area contributed by atoms with Crippen LogP contribution in [0.4, 0.5) is 0 Å². The molecular weight excluding hydrogens is 256 g/mol. The lowest BCUT2D eigenvalue weighted by atomic mass is 9.94. The molecule has 0 aromatic carbocycles. The van der Waals surface area contributed by atoms with Gasteiger partial charge in [-0.05, 0) is 25.8 Å². The largest absolute Gasteiger partial charge is 0.469 e. The molecule has 1 aromatic rings. The van der Waals surface area contributed by atoms with Crippen LogP contribution in [0.15, 0.2) is 16.7 Å². The Morgan fingerprint density at radius 3 is 2.65 bits per heavy atom. The summed E-state index contributed by atoms with van der Waals surface area (Å²) in [6, 6.07) is 1.93. The van der Waals surface area contributed by atoms with Crippen LogP contribution in [0.5, 0.6) is 0 Å². The van der Waals surface area contributed by atoms with E-state index in [-0.39, 0.29) is 18.4 Å². The van der Waals surface area contributed by atoms with Crippen molar-refractivity contribution >= 4 is 11.8 Å². The van der Waals surface area contributed by atoms with Crippen molar-refractivity contribution in [2.24, 2.45) is 0 Å². The summed E-state index contributed by atoms with van der Waals surface area (Å²) in [6.07, 6.45) is 7.23. The molecule has 1 aliphatic rings. The summed E-state index contributed by atoms with van der Waals surface area (Å²) in [5.74, 6) is 0.267. The first-order chi connectivity index (χ1) is 9.59. The molecule has 0 atom stereocenters. The maximum atomic E-state index is 12.1.